The molecule has 52 heavy (non-hydrogen) atoms. The Labute approximate surface area is 318 Å². The summed E-state index contributed by atoms with van der Waals surface area (Å²) in [5.41, 5.74) is 0. The Morgan fingerprint density at radius 2 is 0.385 bits per heavy atom. The molecule has 0 unspecified atom stereocenters. The van der Waals surface area contributed by atoms with Crippen LogP contribution in [-0.4, -0.2) is 157 Å². The van der Waals surface area contributed by atoms with Crippen molar-refractivity contribution in [2.75, 3.05) is 152 Å². The maximum atomic E-state index is 8.59. The normalized spacial score (nSPS) is 11.7. The fourth-order valence-electron chi connectivity index (χ4n) is 5.12. The number of aliphatic hydroxyl groups is 1. The van der Waals surface area contributed by atoms with Crippen LogP contribution in [0.2, 0.25) is 0 Å². The Morgan fingerprint density at radius 3 is 0.596 bits per heavy atom. The molecule has 0 fully saturated rings. The highest BCUT2D eigenvalue weighted by Crippen LogP contribution is 2.13. The first-order chi connectivity index (χ1) is 25.9. The Morgan fingerprint density at radius 1 is 0.212 bits per heavy atom. The van der Waals surface area contributed by atoms with Crippen molar-refractivity contribution in [3.8, 4) is 0 Å². The fourth-order valence-corrected chi connectivity index (χ4v) is 5.12. The topological polar surface area (TPSA) is 122 Å². The summed E-state index contributed by atoms with van der Waals surface area (Å²) in [5, 5.41) is 8.59. The van der Waals surface area contributed by atoms with Gasteiger partial charge in [-0.05, 0) is 6.42 Å². The van der Waals surface area contributed by atoms with Crippen LogP contribution >= 0.6 is 0 Å². The molecule has 0 aromatic rings. The van der Waals surface area contributed by atoms with Crippen molar-refractivity contribution < 1.29 is 57.2 Å². The zero-order chi connectivity index (χ0) is 37.4. The van der Waals surface area contributed by atoms with Crippen molar-refractivity contribution in [2.45, 2.75) is 110 Å². The summed E-state index contributed by atoms with van der Waals surface area (Å²) in [5.74, 6) is 0. The molecule has 0 rings (SSSR count). The smallest absolute Gasteiger partial charge is 0.0701 e. The monoisotopic (exact) mass is 755 g/mol. The van der Waals surface area contributed by atoms with Gasteiger partial charge in [-0.25, -0.2) is 0 Å². The van der Waals surface area contributed by atoms with E-state index in [1.807, 2.05) is 0 Å². The zero-order valence-electron chi connectivity index (χ0n) is 33.5. The average Bonchev–Trinajstić information content (AvgIpc) is 3.16. The molecule has 0 amide bonds. The molecule has 12 nitrogen and oxygen atoms in total. The number of hydrogen-bond donors (Lipinski definition) is 1. The quantitative estimate of drug-likeness (QED) is 0.0690. The highest BCUT2D eigenvalue weighted by Gasteiger charge is 1.98. The van der Waals surface area contributed by atoms with Gasteiger partial charge in [0, 0.05) is 6.61 Å². The molecule has 0 aliphatic carbocycles. The lowest BCUT2D eigenvalue weighted by molar-refractivity contribution is -0.0278. The zero-order valence-corrected chi connectivity index (χ0v) is 33.5. The number of hydrogen-bond acceptors (Lipinski definition) is 12. The summed E-state index contributed by atoms with van der Waals surface area (Å²) >= 11 is 0. The minimum absolute atomic E-state index is 0.0286. The van der Waals surface area contributed by atoms with E-state index in [4.69, 9.17) is 57.2 Å². The van der Waals surface area contributed by atoms with Crippen LogP contribution in [0.3, 0.4) is 0 Å². The van der Waals surface area contributed by atoms with E-state index in [0.717, 1.165) is 13.0 Å². The third kappa shape index (κ3) is 49.5. The molecule has 0 atom stereocenters. The number of aliphatic hydroxyl groups excluding tert-OH is 1. The molecule has 0 aliphatic heterocycles. The van der Waals surface area contributed by atoms with Crippen molar-refractivity contribution in [3.63, 3.8) is 0 Å². The van der Waals surface area contributed by atoms with Crippen LogP contribution in [0.5, 0.6) is 0 Å². The van der Waals surface area contributed by atoms with E-state index in [0.29, 0.717) is 139 Å². The third-order valence-corrected chi connectivity index (χ3v) is 8.10. The predicted octanol–water partition coefficient (Wildman–Crippen LogP) is 6.42. The third-order valence-electron chi connectivity index (χ3n) is 8.10. The van der Waals surface area contributed by atoms with Gasteiger partial charge < -0.3 is 57.2 Å². The van der Waals surface area contributed by atoms with Crippen LogP contribution in [0.25, 0.3) is 0 Å². The van der Waals surface area contributed by atoms with Gasteiger partial charge in [-0.1, -0.05) is 103 Å². The summed E-state index contributed by atoms with van der Waals surface area (Å²) in [6.07, 6.45) is 22.2. The first-order valence-corrected chi connectivity index (χ1v) is 20.9. The van der Waals surface area contributed by atoms with E-state index in [-0.39, 0.29) is 6.61 Å². The van der Waals surface area contributed by atoms with Crippen molar-refractivity contribution in [2.24, 2.45) is 0 Å². The van der Waals surface area contributed by atoms with Gasteiger partial charge in [0.1, 0.15) is 0 Å². The Kier molecular flexibility index (Phi) is 50.1. The molecule has 0 heterocycles. The first-order valence-electron chi connectivity index (χ1n) is 20.9. The summed E-state index contributed by atoms with van der Waals surface area (Å²) in [6.45, 7) is 14.1. The number of ether oxygens (including phenoxy) is 11. The second kappa shape index (κ2) is 50.5. The molecule has 314 valence electrons. The van der Waals surface area contributed by atoms with Gasteiger partial charge in [-0.3, -0.25) is 0 Å². The lowest BCUT2D eigenvalue weighted by Gasteiger charge is -2.09. The van der Waals surface area contributed by atoms with E-state index in [1.165, 1.54) is 96.3 Å². The van der Waals surface area contributed by atoms with Crippen molar-refractivity contribution in [1.82, 2.24) is 0 Å². The van der Waals surface area contributed by atoms with Gasteiger partial charge in [0.25, 0.3) is 0 Å². The van der Waals surface area contributed by atoms with E-state index in [9.17, 15) is 0 Å². The summed E-state index contributed by atoms with van der Waals surface area (Å²) in [4.78, 5) is 0. The largest absolute Gasteiger partial charge is 0.394 e. The van der Waals surface area contributed by atoms with Crippen molar-refractivity contribution >= 4 is 0 Å². The van der Waals surface area contributed by atoms with E-state index < -0.39 is 0 Å². The van der Waals surface area contributed by atoms with Crippen LogP contribution in [0, 0.1) is 0 Å². The molecule has 0 aromatic carbocycles. The molecule has 0 spiro atoms. The highest BCUT2D eigenvalue weighted by molar-refractivity contribution is 4.50. The Bertz CT molecular complexity index is 555. The van der Waals surface area contributed by atoms with E-state index in [2.05, 4.69) is 6.92 Å². The van der Waals surface area contributed by atoms with Gasteiger partial charge >= 0.3 is 0 Å². The van der Waals surface area contributed by atoms with Crippen molar-refractivity contribution in [3.05, 3.63) is 0 Å². The summed E-state index contributed by atoms with van der Waals surface area (Å²) < 4.78 is 60.1. The van der Waals surface area contributed by atoms with Crippen LogP contribution in [0.15, 0.2) is 0 Å². The lowest BCUT2D eigenvalue weighted by Crippen LogP contribution is -2.15. The van der Waals surface area contributed by atoms with Gasteiger partial charge in [0.2, 0.25) is 0 Å². The molecular formula is C40H82O12. The van der Waals surface area contributed by atoms with Crippen LogP contribution in [0.1, 0.15) is 110 Å². The molecule has 0 radical (unpaired) electrons. The second-order valence-electron chi connectivity index (χ2n) is 12.8. The minimum Gasteiger partial charge on any atom is -0.394 e. The Hall–Kier alpha value is -0.480. The van der Waals surface area contributed by atoms with Gasteiger partial charge in [0.05, 0.1) is 145 Å². The van der Waals surface area contributed by atoms with Gasteiger partial charge in [0.15, 0.2) is 0 Å². The molecule has 0 bridgehead atoms. The lowest BCUT2D eigenvalue weighted by atomic mass is 10.0. The van der Waals surface area contributed by atoms with Crippen LogP contribution < -0.4 is 0 Å². The molecule has 12 heteroatoms. The second-order valence-corrected chi connectivity index (χ2v) is 12.8. The number of rotatable bonds is 49. The van der Waals surface area contributed by atoms with Crippen molar-refractivity contribution in [1.29, 1.82) is 0 Å². The van der Waals surface area contributed by atoms with Crippen LogP contribution in [0.4, 0.5) is 0 Å². The maximum absolute atomic E-state index is 8.59. The SMILES string of the molecule is CCCCCCCCCCCCCCCCCCOCCOCCOCCOCCOCCOCCOCCOCCOCCOCCOCCO. The predicted molar refractivity (Wildman–Crippen MR) is 206 cm³/mol. The maximum Gasteiger partial charge on any atom is 0.0701 e. The first kappa shape index (κ1) is 51.5. The number of unbranched alkanes of at least 4 members (excludes halogenated alkanes) is 15. The fraction of sp³-hybridized carbons (Fsp3) is 1.00. The standard InChI is InChI=1S/C40H82O12/c1-2-3-4-5-6-7-8-9-10-11-12-13-14-15-16-17-19-42-21-23-44-25-27-46-29-31-48-33-35-50-37-39-52-40-38-51-36-34-49-32-30-47-28-26-45-24-22-43-20-18-41/h41H,2-40H2,1H3. The molecule has 0 aromatic heterocycles. The van der Waals surface area contributed by atoms with Crippen LogP contribution in [-0.2, 0) is 52.1 Å². The molecule has 0 aliphatic rings. The molecule has 0 saturated heterocycles. The average molecular weight is 755 g/mol. The summed E-state index contributed by atoms with van der Waals surface area (Å²) in [7, 11) is 0. The molecular weight excluding hydrogens is 672 g/mol. The van der Waals surface area contributed by atoms with E-state index >= 15 is 0 Å². The molecule has 0 saturated carbocycles. The molecule has 1 N–H and O–H groups in total. The van der Waals surface area contributed by atoms with Gasteiger partial charge in [-0.15, -0.1) is 0 Å². The van der Waals surface area contributed by atoms with Gasteiger partial charge in [-0.2, -0.15) is 0 Å². The highest BCUT2D eigenvalue weighted by atomic mass is 16.6. The summed E-state index contributed by atoms with van der Waals surface area (Å²) in [6, 6.07) is 0. The Balaban J connectivity index is 3.04. The minimum atomic E-state index is 0.0286. The van der Waals surface area contributed by atoms with E-state index in [1.54, 1.807) is 0 Å².